The normalized spacial score (nSPS) is 12.7. The Kier molecular flexibility index (Phi) is 9.77. The molecule has 0 aliphatic rings. The second kappa shape index (κ2) is 11.5. The fourth-order valence-corrected chi connectivity index (χ4v) is 2.55. The lowest BCUT2D eigenvalue weighted by Crippen LogP contribution is -2.22. The first-order valence-electron chi connectivity index (χ1n) is 10.5. The lowest BCUT2D eigenvalue weighted by molar-refractivity contribution is 0.193. The van der Waals surface area contributed by atoms with Crippen LogP contribution in [-0.4, -0.2) is 24.0 Å². The van der Waals surface area contributed by atoms with E-state index in [9.17, 15) is 4.39 Å². The van der Waals surface area contributed by atoms with Gasteiger partial charge in [-0.2, -0.15) is 0 Å². The molecule has 0 heterocycles. The highest BCUT2D eigenvalue weighted by atomic mass is 19.1. The Bertz CT molecular complexity index is 824. The number of ether oxygens (including phenoxy) is 1. The third-order valence-corrected chi connectivity index (χ3v) is 5.01. The Labute approximate surface area is 182 Å². The lowest BCUT2D eigenvalue weighted by Gasteiger charge is -2.19. The van der Waals surface area contributed by atoms with Gasteiger partial charge in [-0.3, -0.25) is 4.99 Å². The Balaban J connectivity index is 3.02. The average molecular weight is 413 g/mol. The summed E-state index contributed by atoms with van der Waals surface area (Å²) >= 11 is 0. The Hall–Kier alpha value is -2.62. The van der Waals surface area contributed by atoms with Crippen molar-refractivity contribution in [3.8, 4) is 5.75 Å². The van der Waals surface area contributed by atoms with Crippen LogP contribution < -0.4 is 10.1 Å². The fourth-order valence-electron chi connectivity index (χ4n) is 2.55. The molecule has 1 aromatic rings. The average Bonchev–Trinajstić information content (AvgIpc) is 2.70. The van der Waals surface area contributed by atoms with Gasteiger partial charge in [0.2, 0.25) is 0 Å². The zero-order chi connectivity index (χ0) is 22.9. The molecule has 0 unspecified atom stereocenters. The van der Waals surface area contributed by atoms with E-state index in [1.54, 1.807) is 19.2 Å². The van der Waals surface area contributed by atoms with E-state index in [1.807, 2.05) is 25.1 Å². The van der Waals surface area contributed by atoms with Crippen LogP contribution >= 0.6 is 0 Å². The molecule has 0 aliphatic carbocycles. The van der Waals surface area contributed by atoms with Gasteiger partial charge in [0.05, 0.1) is 11.8 Å². The molecule has 0 fully saturated rings. The van der Waals surface area contributed by atoms with E-state index < -0.39 is 5.67 Å². The maximum Gasteiger partial charge on any atom is 0.143 e. The van der Waals surface area contributed by atoms with E-state index in [0.29, 0.717) is 12.3 Å². The number of aliphatic imine (C=N–C) groups is 1. The van der Waals surface area contributed by atoms with E-state index in [4.69, 9.17) is 4.74 Å². The van der Waals surface area contributed by atoms with E-state index in [-0.39, 0.29) is 6.10 Å². The van der Waals surface area contributed by atoms with Gasteiger partial charge in [0, 0.05) is 24.0 Å². The quantitative estimate of drug-likeness (QED) is 0.293. The van der Waals surface area contributed by atoms with Gasteiger partial charge in [-0.15, -0.1) is 0 Å². The van der Waals surface area contributed by atoms with Crippen molar-refractivity contribution in [3.63, 3.8) is 0 Å². The maximum absolute atomic E-state index is 13.9. The zero-order valence-electron chi connectivity index (χ0n) is 19.4. The Morgan fingerprint density at radius 1 is 1.17 bits per heavy atom. The smallest absolute Gasteiger partial charge is 0.143 e. The number of benzene rings is 1. The van der Waals surface area contributed by atoms with Gasteiger partial charge < -0.3 is 10.1 Å². The molecule has 0 atom stereocenters. The van der Waals surface area contributed by atoms with Crippen molar-refractivity contribution in [2.75, 3.05) is 6.54 Å². The summed E-state index contributed by atoms with van der Waals surface area (Å²) in [5.41, 5.74) is 3.47. The third kappa shape index (κ3) is 8.02. The van der Waals surface area contributed by atoms with Gasteiger partial charge in [0.15, 0.2) is 0 Å². The number of alkyl halides is 1. The largest absolute Gasteiger partial charge is 0.490 e. The molecule has 0 radical (unpaired) electrons. The van der Waals surface area contributed by atoms with Crippen LogP contribution in [0.2, 0.25) is 0 Å². The van der Waals surface area contributed by atoms with Crippen molar-refractivity contribution in [2.45, 2.75) is 66.2 Å². The standard InChI is InChI=1S/C26H37FN2O/c1-10-21(17-29-20(7)26(8,9)27)16-28-19(6)23-13-22(18(4)5)14-25(15-23)30-24(11-2)12-3/h10,13-15,17,24,28H,1,4,6,11-12,16H2,2-3,5,7-9H3/b21-17+,29-20+. The van der Waals surface area contributed by atoms with Gasteiger partial charge in [0.1, 0.15) is 11.4 Å². The second-order valence-electron chi connectivity index (χ2n) is 8.01. The van der Waals surface area contributed by atoms with Crippen molar-refractivity contribution in [1.29, 1.82) is 0 Å². The SMILES string of the molecule is C=C/C(=C\N=C(/C)C(C)(C)F)CNC(=C)c1cc(OC(CC)CC)cc(C(=C)C)c1. The number of hydrogen-bond donors (Lipinski definition) is 1. The highest BCUT2D eigenvalue weighted by Gasteiger charge is 2.18. The summed E-state index contributed by atoms with van der Waals surface area (Å²) in [4.78, 5) is 4.23. The molecule has 0 saturated carbocycles. The molecular weight excluding hydrogens is 375 g/mol. The lowest BCUT2D eigenvalue weighted by atomic mass is 10.0. The van der Waals surface area contributed by atoms with Gasteiger partial charge >= 0.3 is 0 Å². The van der Waals surface area contributed by atoms with E-state index in [0.717, 1.165) is 46.6 Å². The third-order valence-electron chi connectivity index (χ3n) is 5.01. The van der Waals surface area contributed by atoms with Crippen LogP contribution in [0.4, 0.5) is 4.39 Å². The summed E-state index contributed by atoms with van der Waals surface area (Å²) < 4.78 is 20.1. The topological polar surface area (TPSA) is 33.6 Å². The van der Waals surface area contributed by atoms with Crippen molar-refractivity contribution < 1.29 is 9.13 Å². The molecule has 0 bridgehead atoms. The molecular formula is C26H37FN2O. The molecule has 3 nitrogen and oxygen atoms in total. The molecule has 4 heteroatoms. The molecule has 1 rings (SSSR count). The van der Waals surface area contributed by atoms with E-state index in [2.05, 4.69) is 43.9 Å². The second-order valence-corrected chi connectivity index (χ2v) is 8.01. The number of nitrogens with one attached hydrogen (secondary N) is 1. The van der Waals surface area contributed by atoms with Crippen LogP contribution in [0.5, 0.6) is 5.75 Å². The van der Waals surface area contributed by atoms with Crippen LogP contribution in [-0.2, 0) is 0 Å². The van der Waals surface area contributed by atoms with Crippen LogP contribution in [0.25, 0.3) is 11.3 Å². The summed E-state index contributed by atoms with van der Waals surface area (Å²) in [5.74, 6) is 0.812. The Morgan fingerprint density at radius 2 is 1.77 bits per heavy atom. The summed E-state index contributed by atoms with van der Waals surface area (Å²) in [7, 11) is 0. The molecule has 0 saturated heterocycles. The summed E-state index contributed by atoms with van der Waals surface area (Å²) in [6.07, 6.45) is 5.41. The van der Waals surface area contributed by atoms with Gasteiger partial charge in [-0.05, 0) is 69.9 Å². The van der Waals surface area contributed by atoms with E-state index in [1.165, 1.54) is 13.8 Å². The number of halogens is 1. The number of rotatable bonds is 12. The molecule has 0 aromatic heterocycles. The van der Waals surface area contributed by atoms with Gasteiger partial charge in [-0.1, -0.05) is 45.2 Å². The minimum absolute atomic E-state index is 0.176. The van der Waals surface area contributed by atoms with Crippen LogP contribution in [0, 0.1) is 0 Å². The molecule has 1 aromatic carbocycles. The van der Waals surface area contributed by atoms with Crippen molar-refractivity contribution in [3.05, 3.63) is 66.9 Å². The summed E-state index contributed by atoms with van der Waals surface area (Å²) in [6.45, 7) is 23.4. The van der Waals surface area contributed by atoms with Crippen LogP contribution in [0.3, 0.4) is 0 Å². The molecule has 0 amide bonds. The maximum atomic E-state index is 13.9. The van der Waals surface area contributed by atoms with Crippen molar-refractivity contribution in [2.24, 2.45) is 4.99 Å². The Morgan fingerprint density at radius 3 is 2.27 bits per heavy atom. The molecule has 30 heavy (non-hydrogen) atoms. The highest BCUT2D eigenvalue weighted by Crippen LogP contribution is 2.26. The molecule has 0 spiro atoms. The van der Waals surface area contributed by atoms with E-state index >= 15 is 0 Å². The van der Waals surface area contributed by atoms with Gasteiger partial charge in [-0.25, -0.2) is 4.39 Å². The first-order chi connectivity index (χ1) is 14.0. The zero-order valence-corrected chi connectivity index (χ0v) is 19.4. The van der Waals surface area contributed by atoms with Crippen molar-refractivity contribution in [1.82, 2.24) is 5.32 Å². The van der Waals surface area contributed by atoms with Crippen LogP contribution in [0.15, 0.2) is 60.8 Å². The van der Waals surface area contributed by atoms with Crippen LogP contribution in [0.1, 0.15) is 65.5 Å². The highest BCUT2D eigenvalue weighted by molar-refractivity contribution is 5.90. The number of nitrogens with zero attached hydrogens (tertiary/aromatic N) is 1. The number of allylic oxidation sites excluding steroid dienone is 1. The van der Waals surface area contributed by atoms with Gasteiger partial charge in [0.25, 0.3) is 0 Å². The molecule has 0 aliphatic heterocycles. The first-order valence-corrected chi connectivity index (χ1v) is 10.5. The predicted molar refractivity (Wildman–Crippen MR) is 130 cm³/mol. The minimum atomic E-state index is -1.45. The first kappa shape index (κ1) is 25.4. The summed E-state index contributed by atoms with van der Waals surface area (Å²) in [6, 6.07) is 6.05. The molecule has 164 valence electrons. The van der Waals surface area contributed by atoms with Crippen molar-refractivity contribution >= 4 is 17.0 Å². The predicted octanol–water partition coefficient (Wildman–Crippen LogP) is 7.13. The minimum Gasteiger partial charge on any atom is -0.490 e. The molecule has 1 N–H and O–H groups in total. The summed E-state index contributed by atoms with van der Waals surface area (Å²) in [5, 5.41) is 3.30. The number of hydrogen-bond acceptors (Lipinski definition) is 3. The monoisotopic (exact) mass is 412 g/mol. The fraction of sp³-hybridized carbons (Fsp3) is 0.423.